The molecular formula is C13H10ClFINS. The maximum atomic E-state index is 13.4. The van der Waals surface area contributed by atoms with Crippen molar-refractivity contribution in [3.63, 3.8) is 0 Å². The highest BCUT2D eigenvalue weighted by atomic mass is 127. The second-order valence-electron chi connectivity index (χ2n) is 3.72. The monoisotopic (exact) mass is 393 g/mol. The van der Waals surface area contributed by atoms with Crippen molar-refractivity contribution in [2.24, 2.45) is 0 Å². The lowest BCUT2D eigenvalue weighted by atomic mass is 10.2. The Morgan fingerprint density at radius 2 is 1.89 bits per heavy atom. The molecule has 0 aliphatic heterocycles. The van der Waals surface area contributed by atoms with Gasteiger partial charge in [-0.15, -0.1) is 11.8 Å². The Hall–Kier alpha value is -0.460. The minimum atomic E-state index is -0.233. The molecule has 0 fully saturated rings. The zero-order valence-electron chi connectivity index (χ0n) is 9.29. The molecule has 5 heteroatoms. The molecule has 0 unspecified atom stereocenters. The Balaban J connectivity index is 2.10. The van der Waals surface area contributed by atoms with Crippen LogP contribution in [0.3, 0.4) is 0 Å². The van der Waals surface area contributed by atoms with Gasteiger partial charge in [0, 0.05) is 21.4 Å². The number of benzene rings is 2. The number of thioether (sulfide) groups is 1. The van der Waals surface area contributed by atoms with E-state index in [1.54, 1.807) is 6.07 Å². The van der Waals surface area contributed by atoms with E-state index in [1.807, 2.05) is 46.9 Å². The smallest absolute Gasteiger partial charge is 0.137 e. The van der Waals surface area contributed by atoms with Crippen LogP contribution in [0.4, 0.5) is 10.1 Å². The Morgan fingerprint density at radius 3 is 2.56 bits per heavy atom. The van der Waals surface area contributed by atoms with Gasteiger partial charge in [-0.25, -0.2) is 4.39 Å². The minimum absolute atomic E-state index is 0.233. The molecule has 0 amide bonds. The van der Waals surface area contributed by atoms with Crippen LogP contribution in [0.5, 0.6) is 0 Å². The first kappa shape index (κ1) is 14.0. The van der Waals surface area contributed by atoms with Crippen molar-refractivity contribution in [2.45, 2.75) is 10.6 Å². The second-order valence-corrected chi connectivity index (χ2v) is 6.34. The van der Waals surface area contributed by atoms with Gasteiger partial charge < -0.3 is 5.73 Å². The topological polar surface area (TPSA) is 26.0 Å². The SMILES string of the molecule is Nc1cc(I)c(F)cc1SCc1ccc(Cl)cc1. The summed E-state index contributed by atoms with van der Waals surface area (Å²) in [7, 11) is 0. The van der Waals surface area contributed by atoms with Gasteiger partial charge in [0.1, 0.15) is 5.82 Å². The summed E-state index contributed by atoms with van der Waals surface area (Å²) < 4.78 is 14.0. The fourth-order valence-corrected chi connectivity index (χ4v) is 2.95. The van der Waals surface area contributed by atoms with Crippen molar-refractivity contribution >= 4 is 51.6 Å². The van der Waals surface area contributed by atoms with Gasteiger partial charge in [-0.2, -0.15) is 0 Å². The molecule has 0 spiro atoms. The molecule has 2 rings (SSSR count). The van der Waals surface area contributed by atoms with Gasteiger partial charge in [0.2, 0.25) is 0 Å². The number of hydrogen-bond donors (Lipinski definition) is 1. The van der Waals surface area contributed by atoms with Crippen LogP contribution in [-0.4, -0.2) is 0 Å². The number of nitrogens with two attached hydrogens (primary N) is 1. The average molecular weight is 394 g/mol. The zero-order chi connectivity index (χ0) is 13.1. The van der Waals surface area contributed by atoms with E-state index in [2.05, 4.69) is 0 Å². The van der Waals surface area contributed by atoms with Gasteiger partial charge in [0.05, 0.1) is 3.57 Å². The van der Waals surface area contributed by atoms with Gasteiger partial charge in [-0.3, -0.25) is 0 Å². The first-order valence-electron chi connectivity index (χ1n) is 5.18. The normalized spacial score (nSPS) is 10.6. The van der Waals surface area contributed by atoms with E-state index >= 15 is 0 Å². The second kappa shape index (κ2) is 6.12. The molecule has 1 nitrogen and oxygen atoms in total. The minimum Gasteiger partial charge on any atom is -0.398 e. The van der Waals surface area contributed by atoms with E-state index in [0.717, 1.165) is 16.2 Å². The van der Waals surface area contributed by atoms with Crippen molar-refractivity contribution in [1.29, 1.82) is 0 Å². The molecule has 0 bridgehead atoms. The fraction of sp³-hybridized carbons (Fsp3) is 0.0769. The first-order chi connectivity index (χ1) is 8.56. The highest BCUT2D eigenvalue weighted by Crippen LogP contribution is 2.31. The van der Waals surface area contributed by atoms with E-state index < -0.39 is 0 Å². The van der Waals surface area contributed by atoms with Gasteiger partial charge in [-0.05, 0) is 52.4 Å². The molecule has 2 N–H and O–H groups in total. The molecule has 0 heterocycles. The lowest BCUT2D eigenvalue weighted by molar-refractivity contribution is 0.617. The summed E-state index contributed by atoms with van der Waals surface area (Å²) in [6, 6.07) is 10.7. The Morgan fingerprint density at radius 1 is 1.22 bits per heavy atom. The number of rotatable bonds is 3. The molecule has 2 aromatic carbocycles. The predicted molar refractivity (Wildman–Crippen MR) is 84.5 cm³/mol. The van der Waals surface area contributed by atoms with Crippen LogP contribution in [0.1, 0.15) is 5.56 Å². The summed E-state index contributed by atoms with van der Waals surface area (Å²) in [5.74, 6) is 0.505. The van der Waals surface area contributed by atoms with E-state index in [9.17, 15) is 4.39 Å². The van der Waals surface area contributed by atoms with E-state index in [4.69, 9.17) is 17.3 Å². The summed E-state index contributed by atoms with van der Waals surface area (Å²) in [5.41, 5.74) is 7.60. The average Bonchev–Trinajstić information content (AvgIpc) is 2.34. The lowest BCUT2D eigenvalue weighted by Crippen LogP contribution is -1.93. The third-order valence-corrected chi connectivity index (χ3v) is 4.58. The Kier molecular flexibility index (Phi) is 4.75. The van der Waals surface area contributed by atoms with Crippen LogP contribution in [0, 0.1) is 9.39 Å². The van der Waals surface area contributed by atoms with Crippen LogP contribution in [0.15, 0.2) is 41.3 Å². The van der Waals surface area contributed by atoms with Gasteiger partial charge in [0.15, 0.2) is 0 Å². The van der Waals surface area contributed by atoms with E-state index in [-0.39, 0.29) is 5.82 Å². The summed E-state index contributed by atoms with van der Waals surface area (Å²) in [6.45, 7) is 0. The Labute approximate surface area is 128 Å². The van der Waals surface area contributed by atoms with Crippen LogP contribution >= 0.6 is 46.0 Å². The maximum absolute atomic E-state index is 13.4. The summed E-state index contributed by atoms with van der Waals surface area (Å²) >= 11 is 9.26. The van der Waals surface area contributed by atoms with Crippen LogP contribution in [0.25, 0.3) is 0 Å². The quantitative estimate of drug-likeness (QED) is 0.453. The highest BCUT2D eigenvalue weighted by Gasteiger charge is 2.06. The summed E-state index contributed by atoms with van der Waals surface area (Å²) in [4.78, 5) is 0.767. The first-order valence-corrected chi connectivity index (χ1v) is 7.62. The van der Waals surface area contributed by atoms with Gasteiger partial charge >= 0.3 is 0 Å². The summed E-state index contributed by atoms with van der Waals surface area (Å²) in [5, 5.41) is 0.712. The molecule has 0 aliphatic rings. The highest BCUT2D eigenvalue weighted by molar-refractivity contribution is 14.1. The number of hydrogen-bond acceptors (Lipinski definition) is 2. The van der Waals surface area contributed by atoms with Crippen molar-refractivity contribution in [3.8, 4) is 0 Å². The molecular weight excluding hydrogens is 384 g/mol. The molecule has 0 saturated carbocycles. The molecule has 0 radical (unpaired) electrons. The predicted octanol–water partition coefficient (Wildman–Crippen LogP) is 4.96. The maximum Gasteiger partial charge on any atom is 0.137 e. The standard InChI is InChI=1S/C13H10ClFINS/c14-9-3-1-8(2-4-9)7-18-13-5-10(15)11(16)6-12(13)17/h1-6H,7,17H2. The molecule has 0 aliphatic carbocycles. The van der Waals surface area contributed by atoms with Crippen molar-refractivity contribution < 1.29 is 4.39 Å². The molecule has 2 aromatic rings. The van der Waals surface area contributed by atoms with Crippen molar-refractivity contribution in [3.05, 3.63) is 56.4 Å². The largest absolute Gasteiger partial charge is 0.398 e. The van der Waals surface area contributed by atoms with E-state index in [0.29, 0.717) is 14.3 Å². The molecule has 0 aromatic heterocycles. The van der Waals surface area contributed by atoms with Crippen LogP contribution in [-0.2, 0) is 5.75 Å². The Bertz CT molecular complexity index is 560. The summed E-state index contributed by atoms with van der Waals surface area (Å²) in [6.07, 6.45) is 0. The molecule has 0 atom stereocenters. The fourth-order valence-electron chi connectivity index (χ4n) is 1.41. The van der Waals surface area contributed by atoms with Crippen molar-refractivity contribution in [1.82, 2.24) is 0 Å². The zero-order valence-corrected chi connectivity index (χ0v) is 13.0. The third kappa shape index (κ3) is 3.52. The van der Waals surface area contributed by atoms with E-state index in [1.165, 1.54) is 17.8 Å². The molecule has 0 saturated heterocycles. The number of anilines is 1. The third-order valence-electron chi connectivity index (χ3n) is 2.36. The molecule has 94 valence electrons. The van der Waals surface area contributed by atoms with Crippen molar-refractivity contribution in [2.75, 3.05) is 5.73 Å². The van der Waals surface area contributed by atoms with Crippen LogP contribution in [0.2, 0.25) is 5.02 Å². The van der Waals surface area contributed by atoms with Gasteiger partial charge in [0.25, 0.3) is 0 Å². The number of halogens is 3. The number of nitrogen functional groups attached to an aromatic ring is 1. The lowest BCUT2D eigenvalue weighted by Gasteiger charge is -2.07. The molecule has 18 heavy (non-hydrogen) atoms. The van der Waals surface area contributed by atoms with Crippen LogP contribution < -0.4 is 5.73 Å². The van der Waals surface area contributed by atoms with Gasteiger partial charge in [-0.1, -0.05) is 23.7 Å².